The Balaban J connectivity index is 2.05. The first-order valence-corrected chi connectivity index (χ1v) is 7.33. The summed E-state index contributed by atoms with van der Waals surface area (Å²) in [6, 6.07) is 6.57. The minimum Gasteiger partial charge on any atom is -0.365 e. The van der Waals surface area contributed by atoms with Crippen LogP contribution in [0.1, 0.15) is 18.4 Å². The van der Waals surface area contributed by atoms with Crippen LogP contribution in [0.2, 0.25) is 0 Å². The number of halogens is 1. The van der Waals surface area contributed by atoms with Crippen molar-refractivity contribution in [3.63, 3.8) is 0 Å². The van der Waals surface area contributed by atoms with Gasteiger partial charge in [-0.05, 0) is 37.6 Å². The van der Waals surface area contributed by atoms with Gasteiger partial charge in [0.25, 0.3) is 0 Å². The molecule has 0 atom stereocenters. The lowest BCUT2D eigenvalue weighted by molar-refractivity contribution is -0.119. The van der Waals surface area contributed by atoms with Gasteiger partial charge in [0.05, 0.1) is 6.54 Å². The van der Waals surface area contributed by atoms with Crippen LogP contribution >= 0.6 is 15.9 Å². The summed E-state index contributed by atoms with van der Waals surface area (Å²) in [7, 11) is 3.87. The zero-order valence-corrected chi connectivity index (χ0v) is 13.0. The highest BCUT2D eigenvalue weighted by Crippen LogP contribution is 2.24. The number of amides is 1. The van der Waals surface area contributed by atoms with E-state index in [0.717, 1.165) is 29.5 Å². The summed E-state index contributed by atoms with van der Waals surface area (Å²) in [5, 5.41) is 6.16. The van der Waals surface area contributed by atoms with E-state index >= 15 is 0 Å². The monoisotopic (exact) mass is 325 g/mol. The van der Waals surface area contributed by atoms with E-state index in [1.165, 1.54) is 5.56 Å². The van der Waals surface area contributed by atoms with Gasteiger partial charge in [-0.2, -0.15) is 0 Å². The molecular formula is C14H20BrN3O. The summed E-state index contributed by atoms with van der Waals surface area (Å²) in [5.41, 5.74) is 2.27. The number of carbonyl (C=O) groups is 1. The number of nitrogens with one attached hydrogen (secondary N) is 2. The second kappa shape index (κ2) is 6.39. The zero-order chi connectivity index (χ0) is 13.8. The molecule has 1 aromatic rings. The summed E-state index contributed by atoms with van der Waals surface area (Å²) in [6.45, 7) is 1.18. The van der Waals surface area contributed by atoms with E-state index in [1.807, 2.05) is 25.1 Å². The quantitative estimate of drug-likeness (QED) is 0.839. The van der Waals surface area contributed by atoms with E-state index in [-0.39, 0.29) is 5.91 Å². The standard InChI is InChI=1S/C14H20BrN3O/c1-16-8-10-3-4-11(15)7-13(10)18(2)9-14(19)17-12-5-6-12/h3-4,7,12,16H,5-6,8-9H2,1-2H3,(H,17,19). The summed E-state index contributed by atoms with van der Waals surface area (Å²) in [5.74, 6) is 0.0976. The van der Waals surface area contributed by atoms with Gasteiger partial charge in [0.15, 0.2) is 0 Å². The summed E-state index contributed by atoms with van der Waals surface area (Å²) >= 11 is 3.48. The Morgan fingerprint density at radius 3 is 2.84 bits per heavy atom. The summed E-state index contributed by atoms with van der Waals surface area (Å²) < 4.78 is 1.02. The van der Waals surface area contributed by atoms with E-state index in [4.69, 9.17) is 0 Å². The number of rotatable bonds is 6. The van der Waals surface area contributed by atoms with Crippen molar-refractivity contribution in [1.29, 1.82) is 0 Å². The minimum atomic E-state index is 0.0976. The smallest absolute Gasteiger partial charge is 0.239 e. The SMILES string of the molecule is CNCc1ccc(Br)cc1N(C)CC(=O)NC1CC1. The van der Waals surface area contributed by atoms with E-state index < -0.39 is 0 Å². The fourth-order valence-electron chi connectivity index (χ4n) is 2.03. The molecule has 0 bridgehead atoms. The Hall–Kier alpha value is -1.07. The van der Waals surface area contributed by atoms with Crippen LogP contribution < -0.4 is 15.5 Å². The maximum absolute atomic E-state index is 11.9. The molecule has 1 aromatic carbocycles. The summed E-state index contributed by atoms with van der Waals surface area (Å²) in [6.07, 6.45) is 2.24. The fourth-order valence-corrected chi connectivity index (χ4v) is 2.38. The Labute approximate surface area is 122 Å². The maximum Gasteiger partial charge on any atom is 0.239 e. The van der Waals surface area contributed by atoms with Crippen molar-refractivity contribution in [2.24, 2.45) is 0 Å². The number of nitrogens with zero attached hydrogens (tertiary/aromatic N) is 1. The topological polar surface area (TPSA) is 44.4 Å². The number of anilines is 1. The van der Waals surface area contributed by atoms with Crippen molar-refractivity contribution in [2.45, 2.75) is 25.4 Å². The highest BCUT2D eigenvalue weighted by molar-refractivity contribution is 9.10. The van der Waals surface area contributed by atoms with Crippen LogP contribution in [0.5, 0.6) is 0 Å². The van der Waals surface area contributed by atoms with E-state index in [0.29, 0.717) is 12.6 Å². The largest absolute Gasteiger partial charge is 0.365 e. The lowest BCUT2D eigenvalue weighted by atomic mass is 10.1. The highest BCUT2D eigenvalue weighted by atomic mass is 79.9. The van der Waals surface area contributed by atoms with Crippen molar-refractivity contribution < 1.29 is 4.79 Å². The van der Waals surface area contributed by atoms with Crippen LogP contribution in [0.4, 0.5) is 5.69 Å². The molecule has 0 spiro atoms. The van der Waals surface area contributed by atoms with Gasteiger partial charge in [-0.1, -0.05) is 22.0 Å². The Morgan fingerprint density at radius 2 is 2.21 bits per heavy atom. The molecule has 4 nitrogen and oxygen atoms in total. The lowest BCUT2D eigenvalue weighted by Crippen LogP contribution is -2.36. The van der Waals surface area contributed by atoms with Crippen LogP contribution in [0, 0.1) is 0 Å². The Kier molecular flexibility index (Phi) is 4.82. The maximum atomic E-state index is 11.9. The first-order chi connectivity index (χ1) is 9.10. The lowest BCUT2D eigenvalue weighted by Gasteiger charge is -2.22. The molecule has 1 aliphatic rings. The molecule has 0 heterocycles. The highest BCUT2D eigenvalue weighted by Gasteiger charge is 2.23. The van der Waals surface area contributed by atoms with Crippen LogP contribution in [-0.2, 0) is 11.3 Å². The van der Waals surface area contributed by atoms with E-state index in [9.17, 15) is 4.79 Å². The fraction of sp³-hybridized carbons (Fsp3) is 0.500. The van der Waals surface area contributed by atoms with Crippen molar-refractivity contribution in [3.05, 3.63) is 28.2 Å². The van der Waals surface area contributed by atoms with Gasteiger partial charge in [-0.3, -0.25) is 4.79 Å². The third-order valence-electron chi connectivity index (χ3n) is 3.15. The predicted octanol–water partition coefficient (Wildman–Crippen LogP) is 1.88. The van der Waals surface area contributed by atoms with Gasteiger partial charge in [-0.15, -0.1) is 0 Å². The van der Waals surface area contributed by atoms with E-state index in [2.05, 4.69) is 38.7 Å². The molecule has 1 fully saturated rings. The van der Waals surface area contributed by atoms with Crippen LogP contribution in [0.25, 0.3) is 0 Å². The molecule has 0 radical (unpaired) electrons. The molecular weight excluding hydrogens is 306 g/mol. The van der Waals surface area contributed by atoms with Gasteiger partial charge in [0, 0.05) is 29.8 Å². The van der Waals surface area contributed by atoms with Gasteiger partial charge in [-0.25, -0.2) is 0 Å². The zero-order valence-electron chi connectivity index (χ0n) is 11.4. The van der Waals surface area contributed by atoms with E-state index in [1.54, 1.807) is 0 Å². The number of carbonyl (C=O) groups excluding carboxylic acids is 1. The van der Waals surface area contributed by atoms with Crippen LogP contribution in [0.15, 0.2) is 22.7 Å². The third kappa shape index (κ3) is 4.21. The van der Waals surface area contributed by atoms with Gasteiger partial charge >= 0.3 is 0 Å². The average Bonchev–Trinajstić information content (AvgIpc) is 3.15. The van der Waals surface area contributed by atoms with Gasteiger partial charge < -0.3 is 15.5 Å². The van der Waals surface area contributed by atoms with Crippen molar-refractivity contribution in [2.75, 3.05) is 25.5 Å². The Morgan fingerprint density at radius 1 is 1.47 bits per heavy atom. The predicted molar refractivity (Wildman–Crippen MR) is 81.3 cm³/mol. The first-order valence-electron chi connectivity index (χ1n) is 6.53. The molecule has 0 aromatic heterocycles. The molecule has 1 saturated carbocycles. The average molecular weight is 326 g/mol. The van der Waals surface area contributed by atoms with Crippen molar-refractivity contribution in [3.8, 4) is 0 Å². The van der Waals surface area contributed by atoms with Crippen LogP contribution in [-0.4, -0.2) is 32.6 Å². The molecule has 2 N–H and O–H groups in total. The number of hydrogen-bond donors (Lipinski definition) is 2. The second-order valence-corrected chi connectivity index (χ2v) is 5.92. The van der Waals surface area contributed by atoms with Gasteiger partial charge in [0.1, 0.15) is 0 Å². The molecule has 0 saturated heterocycles. The van der Waals surface area contributed by atoms with Crippen molar-refractivity contribution in [1.82, 2.24) is 10.6 Å². The normalized spacial score (nSPS) is 14.3. The second-order valence-electron chi connectivity index (χ2n) is 5.00. The van der Waals surface area contributed by atoms with Crippen molar-refractivity contribution >= 4 is 27.5 Å². The number of likely N-dealkylation sites (N-methyl/N-ethyl adjacent to an activating group) is 1. The molecule has 1 aliphatic carbocycles. The third-order valence-corrected chi connectivity index (χ3v) is 3.64. The molecule has 0 aliphatic heterocycles. The number of hydrogen-bond acceptors (Lipinski definition) is 3. The minimum absolute atomic E-state index is 0.0976. The molecule has 0 unspecified atom stereocenters. The van der Waals surface area contributed by atoms with Gasteiger partial charge in [0.2, 0.25) is 5.91 Å². The molecule has 2 rings (SSSR count). The molecule has 1 amide bonds. The molecule has 104 valence electrons. The molecule has 19 heavy (non-hydrogen) atoms. The first kappa shape index (κ1) is 14.3. The molecule has 5 heteroatoms. The van der Waals surface area contributed by atoms with Crippen LogP contribution in [0.3, 0.4) is 0 Å². The number of benzene rings is 1. The Bertz CT molecular complexity index is 460. The summed E-state index contributed by atoms with van der Waals surface area (Å²) in [4.78, 5) is 13.8.